The van der Waals surface area contributed by atoms with Crippen molar-refractivity contribution in [2.45, 2.75) is 36.8 Å². The number of nitrogens with two attached hydrogens (primary N) is 1. The Hall–Kier alpha value is -0.480. The van der Waals surface area contributed by atoms with Crippen LogP contribution in [-0.4, -0.2) is 44.5 Å². The van der Waals surface area contributed by atoms with Gasteiger partial charge in [-0.3, -0.25) is 0 Å². The monoisotopic (exact) mass is 672 g/mol. The quantitative estimate of drug-likeness (QED) is 0.293. The van der Waals surface area contributed by atoms with Gasteiger partial charge in [-0.05, 0) is 76.9 Å². The minimum absolute atomic E-state index is 0. The first-order valence-corrected chi connectivity index (χ1v) is 10.8. The Bertz CT molecular complexity index is 772. The third kappa shape index (κ3) is 9.77. The average molecular weight is 673 g/mol. The van der Waals surface area contributed by atoms with Gasteiger partial charge in [0.15, 0.2) is 0 Å². The van der Waals surface area contributed by atoms with Gasteiger partial charge >= 0.3 is 0 Å². The molecular formula is C18H22ClF3I2N4O2. The second-order valence-corrected chi connectivity index (χ2v) is 9.50. The SMILES string of the molecule is Cl.Fc1cc(I)cc(F)n1.NC1(CO)CC1.OCC1(Nc2cc(I)cc(F)n2)CC1. The van der Waals surface area contributed by atoms with E-state index in [1.54, 1.807) is 6.07 Å². The normalized spacial score (nSPS) is 16.7. The Morgan fingerprint density at radius 3 is 1.63 bits per heavy atom. The van der Waals surface area contributed by atoms with E-state index >= 15 is 0 Å². The maximum absolute atomic E-state index is 12.9. The van der Waals surface area contributed by atoms with Crippen molar-refractivity contribution in [1.29, 1.82) is 0 Å². The Morgan fingerprint density at radius 1 is 0.867 bits per heavy atom. The van der Waals surface area contributed by atoms with Crippen LogP contribution >= 0.6 is 57.6 Å². The van der Waals surface area contributed by atoms with E-state index in [2.05, 4.69) is 15.3 Å². The number of anilines is 1. The zero-order valence-corrected chi connectivity index (χ0v) is 20.8. The summed E-state index contributed by atoms with van der Waals surface area (Å²) < 4.78 is 38.4. The second kappa shape index (κ2) is 11.9. The Labute approximate surface area is 205 Å². The van der Waals surface area contributed by atoms with E-state index in [0.717, 1.165) is 41.4 Å². The van der Waals surface area contributed by atoms with E-state index in [0.29, 0.717) is 9.39 Å². The molecule has 12 heteroatoms. The molecule has 2 aromatic heterocycles. The highest BCUT2D eigenvalue weighted by molar-refractivity contribution is 14.1. The fourth-order valence-electron chi connectivity index (χ4n) is 2.03. The standard InChI is InChI=1S/C9H10FIN2O.C5H2F2IN.C4H9NO.ClH/c10-7-3-6(11)4-8(12-7)13-9(5-14)1-2-9;6-4-1-3(8)2-5(7)9-4;5-4(3-6)1-2-4;/h3-4,14H,1-2,5H2,(H,12,13);1-2H;6H,1-3,5H2;1H. The van der Waals surface area contributed by atoms with Crippen molar-refractivity contribution in [1.82, 2.24) is 9.97 Å². The lowest BCUT2D eigenvalue weighted by molar-refractivity contribution is 0.257. The molecular weight excluding hydrogens is 650 g/mol. The third-order valence-electron chi connectivity index (χ3n) is 4.24. The van der Waals surface area contributed by atoms with Crippen molar-refractivity contribution in [3.05, 3.63) is 49.2 Å². The van der Waals surface area contributed by atoms with Crippen molar-refractivity contribution < 1.29 is 23.4 Å². The van der Waals surface area contributed by atoms with Crippen LogP contribution in [0.1, 0.15) is 25.7 Å². The predicted octanol–water partition coefficient (Wildman–Crippen LogP) is 3.62. The molecule has 5 N–H and O–H groups in total. The van der Waals surface area contributed by atoms with Gasteiger partial charge in [0, 0.05) is 30.9 Å². The Balaban J connectivity index is 0.000000242. The van der Waals surface area contributed by atoms with E-state index < -0.39 is 17.8 Å². The molecule has 2 aromatic rings. The lowest BCUT2D eigenvalue weighted by Gasteiger charge is -2.14. The molecule has 0 aromatic carbocycles. The van der Waals surface area contributed by atoms with Gasteiger partial charge < -0.3 is 21.3 Å². The van der Waals surface area contributed by atoms with Gasteiger partial charge in [0.05, 0.1) is 18.8 Å². The summed E-state index contributed by atoms with van der Waals surface area (Å²) in [4.78, 5) is 6.61. The summed E-state index contributed by atoms with van der Waals surface area (Å²) in [6.07, 6.45) is 3.84. The summed E-state index contributed by atoms with van der Waals surface area (Å²) >= 11 is 3.84. The predicted molar refractivity (Wildman–Crippen MR) is 127 cm³/mol. The highest BCUT2D eigenvalue weighted by atomic mass is 127. The molecule has 2 heterocycles. The molecule has 2 aliphatic carbocycles. The van der Waals surface area contributed by atoms with E-state index in [1.165, 1.54) is 6.07 Å². The molecule has 0 bridgehead atoms. The van der Waals surface area contributed by atoms with E-state index in [1.807, 2.05) is 45.2 Å². The lowest BCUT2D eigenvalue weighted by Crippen LogP contribution is -2.26. The number of aromatic nitrogens is 2. The van der Waals surface area contributed by atoms with Crippen LogP contribution in [0.2, 0.25) is 0 Å². The molecule has 0 atom stereocenters. The van der Waals surface area contributed by atoms with Gasteiger partial charge in [-0.15, -0.1) is 12.4 Å². The highest BCUT2D eigenvalue weighted by Gasteiger charge is 2.42. The van der Waals surface area contributed by atoms with E-state index in [-0.39, 0.29) is 36.7 Å². The van der Waals surface area contributed by atoms with Gasteiger partial charge in [-0.25, -0.2) is 4.98 Å². The maximum Gasteiger partial charge on any atom is 0.216 e. The minimum Gasteiger partial charge on any atom is -0.394 e. The Morgan fingerprint density at radius 2 is 1.33 bits per heavy atom. The van der Waals surface area contributed by atoms with Crippen molar-refractivity contribution in [3.63, 3.8) is 0 Å². The summed E-state index contributed by atoms with van der Waals surface area (Å²) in [6.45, 7) is 0.231. The van der Waals surface area contributed by atoms with Crippen LogP contribution in [0.15, 0.2) is 24.3 Å². The summed E-state index contributed by atoms with van der Waals surface area (Å²) in [5.74, 6) is -1.55. The molecule has 6 nitrogen and oxygen atoms in total. The minimum atomic E-state index is -0.778. The first kappa shape index (κ1) is 27.6. The molecule has 2 aliphatic rings. The molecule has 168 valence electrons. The van der Waals surface area contributed by atoms with Gasteiger partial charge in [-0.1, -0.05) is 0 Å². The smallest absolute Gasteiger partial charge is 0.216 e. The molecule has 2 fully saturated rings. The van der Waals surface area contributed by atoms with Crippen LogP contribution in [0, 0.1) is 25.0 Å². The molecule has 30 heavy (non-hydrogen) atoms. The van der Waals surface area contributed by atoms with Gasteiger partial charge in [0.2, 0.25) is 17.8 Å². The van der Waals surface area contributed by atoms with Gasteiger partial charge in [0.1, 0.15) is 5.82 Å². The summed E-state index contributed by atoms with van der Waals surface area (Å²) in [5, 5.41) is 20.5. The largest absolute Gasteiger partial charge is 0.394 e. The fourth-order valence-corrected chi connectivity index (χ4v) is 3.10. The van der Waals surface area contributed by atoms with Crippen LogP contribution in [0.3, 0.4) is 0 Å². The van der Waals surface area contributed by atoms with Crippen molar-refractivity contribution >= 4 is 63.4 Å². The number of aliphatic hydroxyl groups is 2. The number of nitrogens with zero attached hydrogens (tertiary/aromatic N) is 2. The molecule has 0 spiro atoms. The molecule has 0 unspecified atom stereocenters. The molecule has 2 saturated carbocycles. The number of pyridine rings is 2. The van der Waals surface area contributed by atoms with Crippen LogP contribution in [0.4, 0.5) is 19.0 Å². The first-order chi connectivity index (χ1) is 13.6. The van der Waals surface area contributed by atoms with Crippen LogP contribution < -0.4 is 11.1 Å². The number of hydrogen-bond acceptors (Lipinski definition) is 6. The molecule has 4 rings (SSSR count). The van der Waals surface area contributed by atoms with Crippen LogP contribution in [-0.2, 0) is 0 Å². The lowest BCUT2D eigenvalue weighted by atomic mass is 10.3. The summed E-state index contributed by atoms with van der Waals surface area (Å²) in [7, 11) is 0. The number of halogens is 6. The van der Waals surface area contributed by atoms with Crippen LogP contribution in [0.25, 0.3) is 0 Å². The number of aliphatic hydroxyl groups excluding tert-OH is 2. The zero-order valence-electron chi connectivity index (χ0n) is 15.7. The van der Waals surface area contributed by atoms with Gasteiger partial charge in [0.25, 0.3) is 0 Å². The maximum atomic E-state index is 12.9. The summed E-state index contributed by atoms with van der Waals surface area (Å²) in [6, 6.07) is 5.44. The van der Waals surface area contributed by atoms with Crippen molar-refractivity contribution in [3.8, 4) is 0 Å². The fraction of sp³-hybridized carbons (Fsp3) is 0.444. The zero-order chi connectivity index (χ0) is 21.7. The van der Waals surface area contributed by atoms with E-state index in [4.69, 9.17) is 15.9 Å². The molecule has 0 aliphatic heterocycles. The van der Waals surface area contributed by atoms with Crippen molar-refractivity contribution in [2.75, 3.05) is 18.5 Å². The number of rotatable bonds is 4. The Kier molecular flexibility index (Phi) is 11.0. The van der Waals surface area contributed by atoms with Gasteiger partial charge in [-0.2, -0.15) is 18.2 Å². The third-order valence-corrected chi connectivity index (χ3v) is 5.49. The summed E-state index contributed by atoms with van der Waals surface area (Å²) in [5.41, 5.74) is 5.00. The average Bonchev–Trinajstić information content (AvgIpc) is 3.53. The number of nitrogens with one attached hydrogen (secondary N) is 1. The second-order valence-electron chi connectivity index (χ2n) is 7.01. The molecule has 0 radical (unpaired) electrons. The van der Waals surface area contributed by atoms with Crippen molar-refractivity contribution in [2.24, 2.45) is 5.73 Å². The number of hydrogen-bond donors (Lipinski definition) is 4. The topological polar surface area (TPSA) is 104 Å². The highest BCUT2D eigenvalue weighted by Crippen LogP contribution is 2.38. The van der Waals surface area contributed by atoms with Crippen LogP contribution in [0.5, 0.6) is 0 Å². The van der Waals surface area contributed by atoms with E-state index in [9.17, 15) is 13.2 Å². The molecule has 0 saturated heterocycles. The molecule has 0 amide bonds. The first-order valence-electron chi connectivity index (χ1n) is 8.69.